The Labute approximate surface area is 60.0 Å². The number of halogens is 2. The molecule has 1 saturated heterocycles. The van der Waals surface area contributed by atoms with Crippen LogP contribution in [0.5, 0.6) is 0 Å². The Kier molecular flexibility index (Phi) is 2.48. The van der Waals surface area contributed by atoms with Gasteiger partial charge in [-0.2, -0.15) is 0 Å². The molecule has 0 radical (unpaired) electrons. The molecule has 0 aromatic carbocycles. The van der Waals surface area contributed by atoms with E-state index in [4.69, 9.17) is 24.9 Å². The molecule has 0 aromatic heterocycles. The Balaban J connectivity index is 2.33. The van der Waals surface area contributed by atoms with Gasteiger partial charge in [0.2, 0.25) is 0 Å². The molecule has 1 heterocycles. The normalized spacial score (nSPS) is 31.8. The van der Waals surface area contributed by atoms with Crippen LogP contribution >= 0.6 is 20.2 Å². The molecule has 0 atom stereocenters. The Bertz CT molecular complexity index is 78.1. The Morgan fingerprint density at radius 1 is 1.12 bits per heavy atom. The van der Waals surface area contributed by atoms with Crippen molar-refractivity contribution in [3.8, 4) is 0 Å². The van der Waals surface area contributed by atoms with Crippen LogP contribution in [0.15, 0.2) is 0 Å². The summed E-state index contributed by atoms with van der Waals surface area (Å²) in [5, 5.41) is 1.83. The van der Waals surface area contributed by atoms with Crippen molar-refractivity contribution in [1.82, 2.24) is 0 Å². The molecule has 0 N–H and O–H groups in total. The van der Waals surface area contributed by atoms with Crippen LogP contribution in [-0.2, 0) is 4.74 Å². The molecule has 0 spiro atoms. The summed E-state index contributed by atoms with van der Waals surface area (Å²) in [6.07, 6.45) is 0. The van der Waals surface area contributed by atoms with Gasteiger partial charge in [0.15, 0.2) is 0 Å². The summed E-state index contributed by atoms with van der Waals surface area (Å²) in [5.41, 5.74) is 0. The Morgan fingerprint density at radius 3 is 1.88 bits per heavy atom. The second kappa shape index (κ2) is 2.76. The average Bonchev–Trinajstić information content (AvgIpc) is 1.65. The Hall–Kier alpha value is 1.06. The van der Waals surface area contributed by atoms with E-state index < -0.39 is 11.0 Å². The van der Waals surface area contributed by atoms with Gasteiger partial charge in [0.25, 0.3) is 0 Å². The van der Waals surface area contributed by atoms with Gasteiger partial charge < -0.3 is 0 Å². The summed E-state index contributed by atoms with van der Waals surface area (Å²) in [7, 11) is 11.8. The van der Waals surface area contributed by atoms with Crippen molar-refractivity contribution in [2.45, 2.75) is 10.6 Å². The van der Waals surface area contributed by atoms with E-state index >= 15 is 0 Å². The van der Waals surface area contributed by atoms with Gasteiger partial charge in [-0.3, -0.25) is 0 Å². The molecule has 0 bridgehead atoms. The molecule has 0 amide bonds. The van der Waals surface area contributed by atoms with Crippen molar-refractivity contribution in [1.29, 1.82) is 0 Å². The van der Waals surface area contributed by atoms with Gasteiger partial charge in [0.1, 0.15) is 0 Å². The molecule has 0 unspecified atom stereocenters. The van der Waals surface area contributed by atoms with E-state index in [1.54, 1.807) is 0 Å². The molecule has 50 valence electrons. The first-order chi connectivity index (χ1) is 3.71. The molecule has 0 aliphatic carbocycles. The molecule has 4 heteroatoms. The van der Waals surface area contributed by atoms with Crippen molar-refractivity contribution in [2.24, 2.45) is 0 Å². The van der Waals surface area contributed by atoms with Crippen LogP contribution in [0.1, 0.15) is 0 Å². The quantitative estimate of drug-likeness (QED) is 0.569. The average molecular weight is 222 g/mol. The van der Waals surface area contributed by atoms with Crippen molar-refractivity contribution in [2.75, 3.05) is 13.2 Å². The first-order valence-electron chi connectivity index (χ1n) is 2.46. The molecular formula is C4H8Cl2OSe. The van der Waals surface area contributed by atoms with Crippen LogP contribution in [0.2, 0.25) is 10.6 Å². The third kappa shape index (κ3) is 2.12. The predicted molar refractivity (Wildman–Crippen MR) is 37.9 cm³/mol. The van der Waals surface area contributed by atoms with Crippen molar-refractivity contribution >= 4 is 31.2 Å². The van der Waals surface area contributed by atoms with Gasteiger partial charge in [-0.1, -0.05) is 0 Å². The molecule has 0 aromatic rings. The summed E-state index contributed by atoms with van der Waals surface area (Å²) in [6.45, 7) is 1.54. The van der Waals surface area contributed by atoms with Crippen LogP contribution in [-0.4, -0.2) is 24.2 Å². The van der Waals surface area contributed by atoms with Crippen LogP contribution in [0.4, 0.5) is 0 Å². The fourth-order valence-electron chi connectivity index (χ4n) is 0.566. The monoisotopic (exact) mass is 222 g/mol. The van der Waals surface area contributed by atoms with Gasteiger partial charge in [-0.15, -0.1) is 0 Å². The van der Waals surface area contributed by atoms with Crippen LogP contribution in [0, 0.1) is 0 Å². The summed E-state index contributed by atoms with van der Waals surface area (Å²) >= 11 is -1.93. The van der Waals surface area contributed by atoms with Crippen molar-refractivity contribution < 1.29 is 4.74 Å². The fraction of sp³-hybridized carbons (Fsp3) is 1.00. The molecule has 1 aliphatic heterocycles. The SMILES string of the molecule is Cl[Se]1(Cl)CCOCC1. The fourth-order valence-corrected chi connectivity index (χ4v) is 3.82. The molecule has 1 nitrogen and oxygen atoms in total. The number of ether oxygens (including phenoxy) is 1. The molecule has 1 aliphatic rings. The third-order valence-corrected chi connectivity index (χ3v) is 7.47. The first kappa shape index (κ1) is 7.17. The topological polar surface area (TPSA) is 9.23 Å². The number of hydrogen-bond donors (Lipinski definition) is 0. The van der Waals surface area contributed by atoms with Crippen LogP contribution in [0.25, 0.3) is 0 Å². The van der Waals surface area contributed by atoms with Crippen molar-refractivity contribution in [3.63, 3.8) is 0 Å². The number of hydrogen-bond acceptors (Lipinski definition) is 1. The van der Waals surface area contributed by atoms with Gasteiger partial charge in [0.05, 0.1) is 0 Å². The predicted octanol–water partition coefficient (Wildman–Crippen LogP) is 1.94. The van der Waals surface area contributed by atoms with E-state index in [2.05, 4.69) is 0 Å². The van der Waals surface area contributed by atoms with Crippen LogP contribution < -0.4 is 0 Å². The molecule has 8 heavy (non-hydrogen) atoms. The van der Waals surface area contributed by atoms with Gasteiger partial charge in [-0.25, -0.2) is 0 Å². The second-order valence-corrected chi connectivity index (χ2v) is 13.3. The maximum atomic E-state index is 5.91. The molecule has 0 saturated carbocycles. The zero-order valence-electron chi connectivity index (χ0n) is 4.40. The summed E-state index contributed by atoms with van der Waals surface area (Å²) < 4.78 is 5.08. The summed E-state index contributed by atoms with van der Waals surface area (Å²) in [6, 6.07) is 0. The summed E-state index contributed by atoms with van der Waals surface area (Å²) in [5.74, 6) is 0. The Morgan fingerprint density at radius 2 is 1.62 bits per heavy atom. The third-order valence-electron chi connectivity index (χ3n) is 1.05. The minimum atomic E-state index is -1.93. The van der Waals surface area contributed by atoms with E-state index in [9.17, 15) is 0 Å². The molecule has 1 fully saturated rings. The molecule has 1 rings (SSSR count). The van der Waals surface area contributed by atoms with E-state index in [1.807, 2.05) is 0 Å². The van der Waals surface area contributed by atoms with E-state index in [1.165, 1.54) is 0 Å². The molecular weight excluding hydrogens is 214 g/mol. The van der Waals surface area contributed by atoms with Crippen molar-refractivity contribution in [3.05, 3.63) is 0 Å². The van der Waals surface area contributed by atoms with Crippen LogP contribution in [0.3, 0.4) is 0 Å². The second-order valence-electron chi connectivity index (χ2n) is 1.72. The van der Waals surface area contributed by atoms with Gasteiger partial charge in [0, 0.05) is 0 Å². The van der Waals surface area contributed by atoms with E-state index in [0.717, 1.165) is 23.9 Å². The minimum absolute atomic E-state index is 0.771. The number of rotatable bonds is 0. The standard InChI is InChI=1S/C4H8Cl2OSe/c5-8(6)3-1-7-2-4-8/h1-4H2. The maximum absolute atomic E-state index is 5.91. The van der Waals surface area contributed by atoms with Gasteiger partial charge in [-0.05, 0) is 0 Å². The van der Waals surface area contributed by atoms with E-state index in [0.29, 0.717) is 0 Å². The zero-order chi connectivity index (χ0) is 6.04. The van der Waals surface area contributed by atoms with Gasteiger partial charge >= 0.3 is 59.8 Å². The summed E-state index contributed by atoms with van der Waals surface area (Å²) in [4.78, 5) is 0. The first-order valence-corrected chi connectivity index (χ1v) is 9.39. The van der Waals surface area contributed by atoms with E-state index in [-0.39, 0.29) is 0 Å². The zero-order valence-corrected chi connectivity index (χ0v) is 7.63.